The van der Waals surface area contributed by atoms with Crippen molar-refractivity contribution >= 4 is 22.6 Å². The highest BCUT2D eigenvalue weighted by atomic mass is 19.1. The van der Waals surface area contributed by atoms with Crippen molar-refractivity contribution < 1.29 is 9.18 Å². The highest BCUT2D eigenvalue weighted by Crippen LogP contribution is 2.23. The Balaban J connectivity index is 1.86. The predicted molar refractivity (Wildman–Crippen MR) is 93.3 cm³/mol. The van der Waals surface area contributed by atoms with Gasteiger partial charge >= 0.3 is 0 Å². The molecule has 0 radical (unpaired) electrons. The number of aryl methyl sites for hydroxylation is 3. The fourth-order valence-corrected chi connectivity index (χ4v) is 2.73. The molecule has 24 heavy (non-hydrogen) atoms. The maximum Gasteiger partial charge on any atom is 0.247 e. The second-order valence-corrected chi connectivity index (χ2v) is 5.68. The number of carbonyl (C=O) groups is 1. The molecule has 0 fully saturated rings. The number of nitrogens with one attached hydrogen (secondary N) is 1. The summed E-state index contributed by atoms with van der Waals surface area (Å²) in [6.45, 7) is 3.45. The van der Waals surface area contributed by atoms with E-state index in [0.29, 0.717) is 5.69 Å². The number of fused-ring (bicyclic) bond motifs is 1. The molecular weight excluding hydrogens is 305 g/mol. The molecule has 0 bridgehead atoms. The fraction of sp³-hybridized carbons (Fsp3) is 0.158. The van der Waals surface area contributed by atoms with Crippen molar-refractivity contribution in [2.24, 2.45) is 7.05 Å². The summed E-state index contributed by atoms with van der Waals surface area (Å²) < 4.78 is 15.0. The number of nitrogens with zero attached hydrogens (tertiary/aromatic N) is 2. The molecule has 5 heteroatoms. The Labute approximate surface area is 139 Å². The van der Waals surface area contributed by atoms with Crippen molar-refractivity contribution in [1.82, 2.24) is 9.55 Å². The first-order valence-corrected chi connectivity index (χ1v) is 7.68. The van der Waals surface area contributed by atoms with Crippen LogP contribution < -0.4 is 5.32 Å². The zero-order chi connectivity index (χ0) is 17.1. The van der Waals surface area contributed by atoms with Gasteiger partial charge in [0.2, 0.25) is 5.91 Å². The first-order chi connectivity index (χ1) is 11.6. The van der Waals surface area contributed by atoms with Crippen LogP contribution in [0.4, 0.5) is 10.1 Å². The van der Waals surface area contributed by atoms with E-state index in [1.54, 1.807) is 18.3 Å². The lowest BCUT2D eigenvalue weighted by molar-refractivity contribution is -0.111. The Bertz CT molecular complexity index is 897. The molecule has 0 spiro atoms. The second kappa shape index (κ2) is 6.66. The highest BCUT2D eigenvalue weighted by molar-refractivity contribution is 6.00. The molecule has 3 rings (SSSR count). The summed E-state index contributed by atoms with van der Waals surface area (Å²) in [5.74, 6) is -0.490. The lowest BCUT2D eigenvalue weighted by Gasteiger charge is -2.04. The molecule has 0 saturated carbocycles. The Morgan fingerprint density at radius 1 is 1.33 bits per heavy atom. The van der Waals surface area contributed by atoms with Crippen LogP contribution in [0.25, 0.3) is 11.0 Å². The molecule has 122 valence electrons. The summed E-state index contributed by atoms with van der Waals surface area (Å²) in [5, 5.41) is 3.73. The molecule has 1 N–H and O–H groups in total. The number of anilines is 1. The molecule has 0 atom stereocenters. The summed E-state index contributed by atoms with van der Waals surface area (Å²) in [4.78, 5) is 15.9. The zero-order valence-corrected chi connectivity index (χ0v) is 13.4. The van der Waals surface area contributed by atoms with E-state index in [9.17, 15) is 9.18 Å². The van der Waals surface area contributed by atoms with E-state index >= 15 is 0 Å². The van der Waals surface area contributed by atoms with Gasteiger partial charge in [-0.05, 0) is 48.2 Å². The quantitative estimate of drug-likeness (QED) is 0.729. The van der Waals surface area contributed by atoms with Gasteiger partial charge in [0.25, 0.3) is 0 Å². The van der Waals surface area contributed by atoms with E-state index in [1.807, 2.05) is 23.9 Å². The van der Waals surface area contributed by atoms with Crippen LogP contribution in [-0.4, -0.2) is 15.5 Å². The van der Waals surface area contributed by atoms with Gasteiger partial charge in [-0.1, -0.05) is 18.7 Å². The van der Waals surface area contributed by atoms with Crippen molar-refractivity contribution in [2.75, 3.05) is 5.32 Å². The monoisotopic (exact) mass is 323 g/mol. The SMILES string of the molecule is C=CC(=O)Nc1cnc2c(c1)c(CCc1ccc(F)cc1)cn2C. The highest BCUT2D eigenvalue weighted by Gasteiger charge is 2.10. The summed E-state index contributed by atoms with van der Waals surface area (Å²) >= 11 is 0. The maximum absolute atomic E-state index is 13.0. The number of carbonyl (C=O) groups excluding carboxylic acids is 1. The Morgan fingerprint density at radius 3 is 2.79 bits per heavy atom. The number of benzene rings is 1. The molecule has 1 aromatic carbocycles. The Morgan fingerprint density at radius 2 is 2.08 bits per heavy atom. The number of pyridine rings is 1. The fourth-order valence-electron chi connectivity index (χ4n) is 2.73. The maximum atomic E-state index is 13.0. The van der Waals surface area contributed by atoms with Gasteiger partial charge in [0.15, 0.2) is 0 Å². The largest absolute Gasteiger partial charge is 0.335 e. The second-order valence-electron chi connectivity index (χ2n) is 5.68. The van der Waals surface area contributed by atoms with Crippen LogP contribution in [-0.2, 0) is 24.7 Å². The minimum Gasteiger partial charge on any atom is -0.335 e. The summed E-state index contributed by atoms with van der Waals surface area (Å²) in [5.41, 5.74) is 3.72. The molecule has 3 aromatic rings. The topological polar surface area (TPSA) is 46.9 Å². The normalized spacial score (nSPS) is 10.8. The van der Waals surface area contributed by atoms with Gasteiger partial charge in [-0.2, -0.15) is 0 Å². The third kappa shape index (κ3) is 3.35. The molecule has 0 saturated heterocycles. The molecule has 0 aliphatic carbocycles. The van der Waals surface area contributed by atoms with Gasteiger partial charge in [0.05, 0.1) is 11.9 Å². The minimum absolute atomic E-state index is 0.226. The molecule has 0 aliphatic rings. The number of aromatic nitrogens is 2. The first-order valence-electron chi connectivity index (χ1n) is 7.68. The Kier molecular flexibility index (Phi) is 4.42. The molecule has 0 unspecified atom stereocenters. The minimum atomic E-state index is -0.264. The van der Waals surface area contributed by atoms with Crippen molar-refractivity contribution in [3.8, 4) is 0 Å². The van der Waals surface area contributed by atoms with Crippen molar-refractivity contribution in [2.45, 2.75) is 12.8 Å². The van der Waals surface area contributed by atoms with E-state index < -0.39 is 0 Å². The molecule has 2 heterocycles. The number of hydrogen-bond donors (Lipinski definition) is 1. The van der Waals surface area contributed by atoms with Gasteiger partial charge in [0.1, 0.15) is 11.5 Å². The standard InChI is InChI=1S/C19H18FN3O/c1-3-18(24)22-16-10-17-14(12-23(2)19(17)21-11-16)7-4-13-5-8-15(20)9-6-13/h3,5-6,8-12H,1,4,7H2,2H3,(H,22,24). The van der Waals surface area contributed by atoms with Crippen LogP contribution >= 0.6 is 0 Å². The van der Waals surface area contributed by atoms with Gasteiger partial charge in [-0.25, -0.2) is 9.37 Å². The van der Waals surface area contributed by atoms with Crippen molar-refractivity contribution in [3.63, 3.8) is 0 Å². The van der Waals surface area contributed by atoms with E-state index in [-0.39, 0.29) is 11.7 Å². The average Bonchev–Trinajstić information content (AvgIpc) is 2.90. The van der Waals surface area contributed by atoms with E-state index in [0.717, 1.165) is 35.0 Å². The third-order valence-electron chi connectivity index (χ3n) is 3.95. The molecule has 4 nitrogen and oxygen atoms in total. The molecule has 2 aromatic heterocycles. The average molecular weight is 323 g/mol. The molecule has 1 amide bonds. The van der Waals surface area contributed by atoms with E-state index in [4.69, 9.17) is 0 Å². The number of hydrogen-bond acceptors (Lipinski definition) is 2. The van der Waals surface area contributed by atoms with E-state index in [2.05, 4.69) is 16.9 Å². The summed E-state index contributed by atoms with van der Waals surface area (Å²) in [7, 11) is 1.94. The van der Waals surface area contributed by atoms with Gasteiger partial charge in [-0.3, -0.25) is 4.79 Å². The smallest absolute Gasteiger partial charge is 0.247 e. The summed E-state index contributed by atoms with van der Waals surface area (Å²) in [6, 6.07) is 8.47. The van der Waals surface area contributed by atoms with Crippen LogP contribution in [0.2, 0.25) is 0 Å². The predicted octanol–water partition coefficient (Wildman–Crippen LogP) is 3.62. The summed E-state index contributed by atoms with van der Waals surface area (Å²) in [6.07, 6.45) is 6.52. The number of rotatable bonds is 5. The van der Waals surface area contributed by atoms with Crippen LogP contribution in [0, 0.1) is 5.82 Å². The van der Waals surface area contributed by atoms with Crippen molar-refractivity contribution in [1.29, 1.82) is 0 Å². The van der Waals surface area contributed by atoms with Crippen LogP contribution in [0.5, 0.6) is 0 Å². The lowest BCUT2D eigenvalue weighted by Crippen LogP contribution is -2.07. The van der Waals surface area contributed by atoms with Gasteiger partial charge in [0, 0.05) is 18.6 Å². The van der Waals surface area contributed by atoms with Crippen LogP contribution in [0.1, 0.15) is 11.1 Å². The zero-order valence-electron chi connectivity index (χ0n) is 13.4. The van der Waals surface area contributed by atoms with Crippen LogP contribution in [0.3, 0.4) is 0 Å². The van der Waals surface area contributed by atoms with Gasteiger partial charge in [-0.15, -0.1) is 0 Å². The van der Waals surface area contributed by atoms with Crippen LogP contribution in [0.15, 0.2) is 55.4 Å². The lowest BCUT2D eigenvalue weighted by atomic mass is 10.0. The molecule has 0 aliphatic heterocycles. The first kappa shape index (κ1) is 15.9. The Hall–Kier alpha value is -2.95. The van der Waals surface area contributed by atoms with Gasteiger partial charge < -0.3 is 9.88 Å². The van der Waals surface area contributed by atoms with Crippen molar-refractivity contribution in [3.05, 3.63) is 72.3 Å². The third-order valence-corrected chi connectivity index (χ3v) is 3.95. The van der Waals surface area contributed by atoms with E-state index in [1.165, 1.54) is 18.2 Å². The number of halogens is 1. The number of amides is 1. The molecular formula is C19H18FN3O.